The fourth-order valence-electron chi connectivity index (χ4n) is 3.75. The number of para-hydroxylation sites is 2. The molecule has 0 aliphatic carbocycles. The van der Waals surface area contributed by atoms with Gasteiger partial charge in [0.25, 0.3) is 0 Å². The summed E-state index contributed by atoms with van der Waals surface area (Å²) in [5.74, 6) is 0.137. The first kappa shape index (κ1) is 17.9. The number of nitrogens with zero attached hydrogens (tertiary/aromatic N) is 4. The van der Waals surface area contributed by atoms with Crippen LogP contribution in [0.2, 0.25) is 0 Å². The summed E-state index contributed by atoms with van der Waals surface area (Å²) in [5, 5.41) is 0. The molecule has 2 heterocycles. The minimum Gasteiger partial charge on any atom is -0.369 e. The number of imidazole rings is 1. The van der Waals surface area contributed by atoms with Crippen molar-refractivity contribution in [3.63, 3.8) is 0 Å². The summed E-state index contributed by atoms with van der Waals surface area (Å²) in [6.45, 7) is 2.26. The monoisotopic (exact) mass is 374 g/mol. The first-order valence-corrected chi connectivity index (χ1v) is 9.04. The molecule has 3 aromatic rings. The molecule has 1 aromatic heterocycles. The zero-order valence-electron chi connectivity index (χ0n) is 15.0. The first-order valence-electron chi connectivity index (χ1n) is 9.04. The number of benzene rings is 2. The van der Waals surface area contributed by atoms with Crippen molar-refractivity contribution in [1.29, 1.82) is 0 Å². The Kier molecular flexibility index (Phi) is 4.78. The van der Waals surface area contributed by atoms with E-state index in [0.29, 0.717) is 16.9 Å². The zero-order valence-corrected chi connectivity index (χ0v) is 15.0. The highest BCUT2D eigenvalue weighted by Crippen LogP contribution is 2.30. The Bertz CT molecular complexity index is 915. The van der Waals surface area contributed by atoms with Gasteiger partial charge in [-0.2, -0.15) is 8.78 Å². The molecule has 27 heavy (non-hydrogen) atoms. The molecule has 0 unspecified atom stereocenters. The maximum absolute atomic E-state index is 13.7. The fraction of sp³-hybridized carbons (Fsp3) is 0.350. The summed E-state index contributed by atoms with van der Waals surface area (Å²) in [6.07, 6.45) is 0. The number of rotatable bonds is 4. The summed E-state index contributed by atoms with van der Waals surface area (Å²) in [6, 6.07) is 13.2. The van der Waals surface area contributed by atoms with Crippen molar-refractivity contribution in [2.75, 3.05) is 31.1 Å². The Morgan fingerprint density at radius 1 is 0.926 bits per heavy atom. The number of hydrogen-bond acceptors (Lipinski definition) is 3. The van der Waals surface area contributed by atoms with E-state index in [1.165, 1.54) is 12.1 Å². The number of halogens is 3. The van der Waals surface area contributed by atoms with E-state index in [2.05, 4.69) is 14.8 Å². The van der Waals surface area contributed by atoms with E-state index in [0.717, 1.165) is 36.4 Å². The second kappa shape index (κ2) is 7.23. The van der Waals surface area contributed by atoms with Crippen LogP contribution in [-0.2, 0) is 0 Å². The van der Waals surface area contributed by atoms with Crippen LogP contribution in [0.1, 0.15) is 25.3 Å². The van der Waals surface area contributed by atoms with E-state index in [9.17, 15) is 13.2 Å². The van der Waals surface area contributed by atoms with Gasteiger partial charge in [-0.25, -0.2) is 9.37 Å². The third kappa shape index (κ3) is 3.39. The highest BCUT2D eigenvalue weighted by atomic mass is 19.3. The smallest absolute Gasteiger partial charge is 0.320 e. The standard InChI is InChI=1S/C20H21F3N4/c1-14(19-24-17-4-2-3-5-18(17)27(19)20(22)23)25-10-12-26(13-11-25)16-8-6-15(21)7-9-16/h2-9,14,20H,10-13H2,1H3/t14-/m1/s1. The first-order chi connectivity index (χ1) is 13.0. The average Bonchev–Trinajstić information content (AvgIpc) is 3.08. The van der Waals surface area contributed by atoms with E-state index in [1.54, 1.807) is 36.4 Å². The molecular formula is C20H21F3N4. The van der Waals surface area contributed by atoms with Crippen LogP contribution in [0.25, 0.3) is 11.0 Å². The van der Waals surface area contributed by atoms with Crippen LogP contribution in [0.4, 0.5) is 18.9 Å². The van der Waals surface area contributed by atoms with Crippen LogP contribution in [-0.4, -0.2) is 40.6 Å². The molecule has 7 heteroatoms. The molecule has 0 radical (unpaired) electrons. The number of anilines is 1. The molecule has 0 saturated carbocycles. The minimum absolute atomic E-state index is 0.221. The van der Waals surface area contributed by atoms with E-state index in [4.69, 9.17) is 0 Å². The third-order valence-electron chi connectivity index (χ3n) is 5.25. The van der Waals surface area contributed by atoms with Gasteiger partial charge in [-0.3, -0.25) is 9.47 Å². The zero-order chi connectivity index (χ0) is 19.0. The van der Waals surface area contributed by atoms with Gasteiger partial charge in [0.2, 0.25) is 0 Å². The Balaban J connectivity index is 1.53. The van der Waals surface area contributed by atoms with Crippen LogP contribution in [0.3, 0.4) is 0 Å². The van der Waals surface area contributed by atoms with Crippen LogP contribution < -0.4 is 4.90 Å². The number of fused-ring (bicyclic) bond motifs is 1. The molecule has 1 atom stereocenters. The highest BCUT2D eigenvalue weighted by molar-refractivity contribution is 5.76. The number of alkyl halides is 2. The molecule has 1 fully saturated rings. The molecule has 1 aliphatic rings. The minimum atomic E-state index is -2.63. The second-order valence-corrected chi connectivity index (χ2v) is 6.78. The van der Waals surface area contributed by atoms with Crippen molar-refractivity contribution in [1.82, 2.24) is 14.5 Å². The number of aromatic nitrogens is 2. The molecular weight excluding hydrogens is 353 g/mol. The van der Waals surface area contributed by atoms with Crippen molar-refractivity contribution < 1.29 is 13.2 Å². The summed E-state index contributed by atoms with van der Waals surface area (Å²) in [7, 11) is 0. The molecule has 0 bridgehead atoms. The van der Waals surface area contributed by atoms with Gasteiger partial charge in [-0.05, 0) is 43.3 Å². The van der Waals surface area contributed by atoms with Crippen LogP contribution in [0, 0.1) is 5.82 Å². The lowest BCUT2D eigenvalue weighted by molar-refractivity contribution is 0.0641. The molecule has 1 saturated heterocycles. The van der Waals surface area contributed by atoms with Gasteiger partial charge < -0.3 is 4.90 Å². The largest absolute Gasteiger partial charge is 0.369 e. The van der Waals surface area contributed by atoms with Crippen LogP contribution >= 0.6 is 0 Å². The molecule has 2 aromatic carbocycles. The van der Waals surface area contributed by atoms with Gasteiger partial charge in [0, 0.05) is 31.9 Å². The molecule has 4 nitrogen and oxygen atoms in total. The Morgan fingerprint density at radius 2 is 1.59 bits per heavy atom. The van der Waals surface area contributed by atoms with E-state index in [1.807, 2.05) is 6.92 Å². The van der Waals surface area contributed by atoms with Crippen molar-refractivity contribution in [3.05, 3.63) is 60.2 Å². The van der Waals surface area contributed by atoms with Gasteiger partial charge in [0.15, 0.2) is 0 Å². The number of hydrogen-bond donors (Lipinski definition) is 0. The number of piperazine rings is 1. The molecule has 0 N–H and O–H groups in total. The average molecular weight is 374 g/mol. The van der Waals surface area contributed by atoms with Gasteiger partial charge in [0.05, 0.1) is 17.1 Å². The highest BCUT2D eigenvalue weighted by Gasteiger charge is 2.28. The van der Waals surface area contributed by atoms with Gasteiger partial charge in [-0.15, -0.1) is 0 Å². The summed E-state index contributed by atoms with van der Waals surface area (Å²) < 4.78 is 41.5. The van der Waals surface area contributed by atoms with Crippen molar-refractivity contribution in [2.45, 2.75) is 19.5 Å². The lowest BCUT2D eigenvalue weighted by Crippen LogP contribution is -2.47. The topological polar surface area (TPSA) is 24.3 Å². The van der Waals surface area contributed by atoms with Gasteiger partial charge >= 0.3 is 6.55 Å². The van der Waals surface area contributed by atoms with Gasteiger partial charge in [0.1, 0.15) is 11.6 Å². The Morgan fingerprint density at radius 3 is 2.26 bits per heavy atom. The third-order valence-corrected chi connectivity index (χ3v) is 5.25. The van der Waals surface area contributed by atoms with Crippen LogP contribution in [0.15, 0.2) is 48.5 Å². The molecule has 4 rings (SSSR count). The summed E-state index contributed by atoms with van der Waals surface area (Å²) in [4.78, 5) is 8.83. The Hall–Kier alpha value is -2.54. The van der Waals surface area contributed by atoms with Crippen molar-refractivity contribution in [3.8, 4) is 0 Å². The van der Waals surface area contributed by atoms with Crippen LogP contribution in [0.5, 0.6) is 0 Å². The van der Waals surface area contributed by atoms with E-state index < -0.39 is 6.55 Å². The molecule has 0 spiro atoms. The maximum Gasteiger partial charge on any atom is 0.320 e. The molecule has 0 amide bonds. The van der Waals surface area contributed by atoms with Crippen molar-refractivity contribution >= 4 is 16.7 Å². The fourth-order valence-corrected chi connectivity index (χ4v) is 3.75. The lowest BCUT2D eigenvalue weighted by atomic mass is 10.2. The predicted molar refractivity (Wildman–Crippen MR) is 99.6 cm³/mol. The second-order valence-electron chi connectivity index (χ2n) is 6.78. The van der Waals surface area contributed by atoms with E-state index >= 15 is 0 Å². The summed E-state index contributed by atoms with van der Waals surface area (Å²) in [5.41, 5.74) is 2.02. The molecule has 1 aliphatic heterocycles. The quantitative estimate of drug-likeness (QED) is 0.674. The lowest BCUT2D eigenvalue weighted by Gasteiger charge is -2.39. The van der Waals surface area contributed by atoms with Crippen molar-refractivity contribution in [2.24, 2.45) is 0 Å². The SMILES string of the molecule is C[C@H](c1nc2ccccc2n1C(F)F)N1CCN(c2ccc(F)cc2)CC1. The molecule has 142 valence electrons. The predicted octanol–water partition coefficient (Wildman–Crippen LogP) is 4.45. The van der Waals surface area contributed by atoms with Gasteiger partial charge in [-0.1, -0.05) is 12.1 Å². The summed E-state index contributed by atoms with van der Waals surface area (Å²) >= 11 is 0. The normalized spacial score (nSPS) is 17.0. The van der Waals surface area contributed by atoms with E-state index in [-0.39, 0.29) is 11.9 Å². The Labute approximate surface area is 155 Å². The maximum atomic E-state index is 13.7.